The molecule has 0 amide bonds. The van der Waals surface area contributed by atoms with Gasteiger partial charge in [-0.15, -0.1) is 24.8 Å². The number of halogens is 2. The van der Waals surface area contributed by atoms with Gasteiger partial charge in [-0.25, -0.2) is 13.1 Å². The van der Waals surface area contributed by atoms with E-state index >= 15 is 0 Å². The Hall–Kier alpha value is -1.17. The third-order valence-corrected chi connectivity index (χ3v) is 5.31. The monoisotopic (exact) mass is 430 g/mol. The van der Waals surface area contributed by atoms with Crippen LogP contribution in [0, 0.1) is 10.1 Å². The van der Waals surface area contributed by atoms with E-state index in [4.69, 9.17) is 4.74 Å². The summed E-state index contributed by atoms with van der Waals surface area (Å²) in [6, 6.07) is 3.69. The molecule has 12 heteroatoms. The SMILES string of the molecule is COc1ccc(S(=O)(=O)NCCCN2CCNCC2)c([N+](=O)[O-])c1.Cl.Cl. The zero-order valence-electron chi connectivity index (χ0n) is 14.3. The summed E-state index contributed by atoms with van der Waals surface area (Å²) in [5.74, 6) is 0.236. The highest BCUT2D eigenvalue weighted by molar-refractivity contribution is 7.89. The van der Waals surface area contributed by atoms with Crippen molar-refractivity contribution in [2.75, 3.05) is 46.4 Å². The fourth-order valence-corrected chi connectivity index (χ4v) is 3.74. The summed E-state index contributed by atoms with van der Waals surface area (Å²) in [5, 5.41) is 14.4. The van der Waals surface area contributed by atoms with Gasteiger partial charge in [-0.3, -0.25) is 10.1 Å². The highest BCUT2D eigenvalue weighted by Crippen LogP contribution is 2.28. The Kier molecular flexibility index (Phi) is 11.0. The average Bonchev–Trinajstić information content (AvgIpc) is 2.59. The van der Waals surface area contributed by atoms with Crippen molar-refractivity contribution in [3.05, 3.63) is 28.3 Å². The molecule has 1 aromatic carbocycles. The maximum atomic E-state index is 12.3. The number of nitrogens with one attached hydrogen (secondary N) is 2. The van der Waals surface area contributed by atoms with E-state index in [9.17, 15) is 18.5 Å². The summed E-state index contributed by atoms with van der Waals surface area (Å²) < 4.78 is 32.0. The first-order valence-corrected chi connectivity index (χ1v) is 9.17. The summed E-state index contributed by atoms with van der Waals surface area (Å²) in [7, 11) is -2.58. The van der Waals surface area contributed by atoms with Gasteiger partial charge in [0.05, 0.1) is 18.1 Å². The van der Waals surface area contributed by atoms with Gasteiger partial charge < -0.3 is 15.0 Å². The zero-order chi connectivity index (χ0) is 17.6. The summed E-state index contributed by atoms with van der Waals surface area (Å²) >= 11 is 0. The van der Waals surface area contributed by atoms with Crippen LogP contribution in [0.1, 0.15) is 6.42 Å². The van der Waals surface area contributed by atoms with Crippen LogP contribution in [0.2, 0.25) is 0 Å². The van der Waals surface area contributed by atoms with E-state index in [0.717, 1.165) is 38.8 Å². The van der Waals surface area contributed by atoms with E-state index < -0.39 is 20.6 Å². The molecule has 0 saturated carbocycles. The van der Waals surface area contributed by atoms with Gasteiger partial charge in [0.15, 0.2) is 4.90 Å². The van der Waals surface area contributed by atoms with Crippen molar-refractivity contribution in [3.8, 4) is 5.75 Å². The van der Waals surface area contributed by atoms with E-state index in [1.54, 1.807) is 0 Å². The van der Waals surface area contributed by atoms with Crippen LogP contribution in [0.5, 0.6) is 5.75 Å². The summed E-state index contributed by atoms with van der Waals surface area (Å²) in [5.41, 5.74) is -0.496. The molecule has 0 atom stereocenters. The Morgan fingerprint density at radius 3 is 2.54 bits per heavy atom. The first kappa shape index (κ1) is 24.8. The van der Waals surface area contributed by atoms with E-state index in [-0.39, 0.29) is 42.0 Å². The molecule has 0 spiro atoms. The quantitative estimate of drug-likeness (QED) is 0.359. The smallest absolute Gasteiger partial charge is 0.293 e. The zero-order valence-corrected chi connectivity index (χ0v) is 16.8. The minimum atomic E-state index is -3.94. The van der Waals surface area contributed by atoms with Gasteiger partial charge in [0.25, 0.3) is 5.69 Å². The lowest BCUT2D eigenvalue weighted by molar-refractivity contribution is -0.387. The molecule has 0 radical (unpaired) electrons. The molecule has 0 aromatic heterocycles. The molecule has 0 aliphatic carbocycles. The molecular formula is C14H24Cl2N4O5S. The number of ether oxygens (including phenoxy) is 1. The lowest BCUT2D eigenvalue weighted by atomic mass is 10.3. The molecule has 1 heterocycles. The first-order chi connectivity index (χ1) is 11.4. The van der Waals surface area contributed by atoms with Crippen LogP contribution in [-0.4, -0.2) is 64.6 Å². The Morgan fingerprint density at radius 1 is 1.31 bits per heavy atom. The van der Waals surface area contributed by atoms with Crippen molar-refractivity contribution in [1.29, 1.82) is 0 Å². The fraction of sp³-hybridized carbons (Fsp3) is 0.571. The molecule has 150 valence electrons. The van der Waals surface area contributed by atoms with Crippen molar-refractivity contribution in [3.63, 3.8) is 0 Å². The standard InChI is InChI=1S/C14H22N4O5S.2ClH/c1-23-12-3-4-14(13(11-12)18(19)20)24(21,22)16-5-2-8-17-9-6-15-7-10-17;;/h3-4,11,15-16H,2,5-10H2,1H3;2*1H. The van der Waals surface area contributed by atoms with Gasteiger partial charge in [-0.2, -0.15) is 0 Å². The number of hydrogen-bond donors (Lipinski definition) is 2. The lowest BCUT2D eigenvalue weighted by Crippen LogP contribution is -2.44. The number of hydrogen-bond acceptors (Lipinski definition) is 7. The second-order valence-corrected chi connectivity index (χ2v) is 7.17. The van der Waals surface area contributed by atoms with Gasteiger partial charge in [-0.1, -0.05) is 0 Å². The van der Waals surface area contributed by atoms with E-state index in [1.165, 1.54) is 19.2 Å². The van der Waals surface area contributed by atoms with Crippen molar-refractivity contribution >= 4 is 40.5 Å². The molecule has 1 aromatic rings. The number of benzene rings is 1. The summed E-state index contributed by atoms with van der Waals surface area (Å²) in [4.78, 5) is 12.3. The number of piperazine rings is 1. The van der Waals surface area contributed by atoms with Crippen molar-refractivity contribution in [2.24, 2.45) is 0 Å². The molecule has 0 unspecified atom stereocenters. The molecule has 1 aliphatic rings. The van der Waals surface area contributed by atoms with Crippen LogP contribution in [-0.2, 0) is 10.0 Å². The molecule has 9 nitrogen and oxygen atoms in total. The Labute approximate surface area is 165 Å². The van der Waals surface area contributed by atoms with Crippen molar-refractivity contribution < 1.29 is 18.1 Å². The van der Waals surface area contributed by atoms with Crippen molar-refractivity contribution in [1.82, 2.24) is 14.9 Å². The van der Waals surface area contributed by atoms with Gasteiger partial charge in [-0.05, 0) is 25.1 Å². The highest BCUT2D eigenvalue weighted by atomic mass is 35.5. The number of nitro benzene ring substituents is 1. The topological polar surface area (TPSA) is 114 Å². The molecule has 2 N–H and O–H groups in total. The van der Waals surface area contributed by atoms with Gasteiger partial charge in [0.1, 0.15) is 5.75 Å². The molecule has 1 aliphatic heterocycles. The Balaban J connectivity index is 0.00000312. The number of rotatable bonds is 8. The number of nitrogens with zero attached hydrogens (tertiary/aromatic N) is 2. The number of sulfonamides is 1. The van der Waals surface area contributed by atoms with Crippen LogP contribution >= 0.6 is 24.8 Å². The third kappa shape index (κ3) is 6.86. The molecular weight excluding hydrogens is 407 g/mol. The molecule has 2 rings (SSSR count). The maximum absolute atomic E-state index is 12.3. The van der Waals surface area contributed by atoms with Crippen LogP contribution < -0.4 is 14.8 Å². The lowest BCUT2D eigenvalue weighted by Gasteiger charge is -2.27. The molecule has 0 bridgehead atoms. The van der Waals surface area contributed by atoms with Crippen LogP contribution in [0.15, 0.2) is 23.1 Å². The second kappa shape index (κ2) is 11.5. The predicted molar refractivity (Wildman–Crippen MR) is 103 cm³/mol. The summed E-state index contributed by atoms with van der Waals surface area (Å²) in [6.07, 6.45) is 0.642. The van der Waals surface area contributed by atoms with Gasteiger partial charge in [0.2, 0.25) is 10.0 Å². The Morgan fingerprint density at radius 2 is 1.96 bits per heavy atom. The predicted octanol–water partition coefficient (Wildman–Crippen LogP) is 1.02. The van der Waals surface area contributed by atoms with Gasteiger partial charge in [0, 0.05) is 32.7 Å². The minimum absolute atomic E-state index is 0. The van der Waals surface area contributed by atoms with Crippen LogP contribution in [0.25, 0.3) is 0 Å². The van der Waals surface area contributed by atoms with Gasteiger partial charge >= 0.3 is 0 Å². The number of nitro groups is 1. The summed E-state index contributed by atoms with van der Waals surface area (Å²) in [6.45, 7) is 4.77. The maximum Gasteiger partial charge on any atom is 0.293 e. The second-order valence-electron chi connectivity index (χ2n) is 5.43. The Bertz CT molecular complexity index is 684. The van der Waals surface area contributed by atoms with E-state index in [1.807, 2.05) is 0 Å². The van der Waals surface area contributed by atoms with Crippen LogP contribution in [0.3, 0.4) is 0 Å². The first-order valence-electron chi connectivity index (χ1n) is 7.69. The van der Waals surface area contributed by atoms with E-state index in [2.05, 4.69) is 14.9 Å². The van der Waals surface area contributed by atoms with Crippen LogP contribution in [0.4, 0.5) is 5.69 Å². The fourth-order valence-electron chi connectivity index (χ4n) is 2.52. The van der Waals surface area contributed by atoms with Crippen molar-refractivity contribution in [2.45, 2.75) is 11.3 Å². The van der Waals surface area contributed by atoms with E-state index in [0.29, 0.717) is 6.42 Å². The highest BCUT2D eigenvalue weighted by Gasteiger charge is 2.26. The molecule has 26 heavy (non-hydrogen) atoms. The normalized spacial score (nSPS) is 14.8. The molecule has 1 saturated heterocycles. The minimum Gasteiger partial charge on any atom is -0.497 e. The largest absolute Gasteiger partial charge is 0.497 e. The number of methoxy groups -OCH3 is 1. The third-order valence-electron chi connectivity index (χ3n) is 3.81. The molecule has 1 fully saturated rings. The average molecular weight is 431 g/mol.